The Labute approximate surface area is 80.2 Å². The molecular formula is C11H19NO. The Hall–Kier alpha value is -0.340. The zero-order valence-electron chi connectivity index (χ0n) is 8.48. The highest BCUT2D eigenvalue weighted by atomic mass is 16.3. The summed E-state index contributed by atoms with van der Waals surface area (Å²) in [5.41, 5.74) is 0. The van der Waals surface area contributed by atoms with Gasteiger partial charge in [0.05, 0.1) is 0 Å². The molecule has 0 aromatic rings. The van der Waals surface area contributed by atoms with Gasteiger partial charge in [0.2, 0.25) is 0 Å². The number of aliphatic hydroxyl groups is 1. The maximum atomic E-state index is 9.32. The summed E-state index contributed by atoms with van der Waals surface area (Å²) in [7, 11) is 4.23. The van der Waals surface area contributed by atoms with Crippen molar-refractivity contribution in [3.8, 4) is 0 Å². The summed E-state index contributed by atoms with van der Waals surface area (Å²) in [6, 6.07) is 0. The number of hydrogen-bond donors (Lipinski definition) is 1. The average Bonchev–Trinajstić information content (AvgIpc) is 2.62. The van der Waals surface area contributed by atoms with Crippen molar-refractivity contribution in [2.45, 2.75) is 6.42 Å². The van der Waals surface area contributed by atoms with Crippen molar-refractivity contribution in [1.29, 1.82) is 0 Å². The summed E-state index contributed by atoms with van der Waals surface area (Å²) in [5, 5.41) is 9.32. The van der Waals surface area contributed by atoms with Crippen molar-refractivity contribution in [1.82, 2.24) is 4.90 Å². The molecule has 0 heterocycles. The smallest absolute Gasteiger partial charge is 0.0468 e. The first-order chi connectivity index (χ1) is 6.22. The minimum Gasteiger partial charge on any atom is -0.396 e. The van der Waals surface area contributed by atoms with E-state index in [0.29, 0.717) is 24.4 Å². The molecule has 2 rings (SSSR count). The van der Waals surface area contributed by atoms with Crippen LogP contribution in [-0.4, -0.2) is 37.3 Å². The van der Waals surface area contributed by atoms with Crippen molar-refractivity contribution in [3.05, 3.63) is 12.2 Å². The standard InChI is InChI=1S/C11H19NO/c1-12(2)6-10-8-3-4-9(5-8)11(10)7-13/h3-4,8-11,13H,5-7H2,1-2H3/t8?,9?,10-,11-/m0/s1. The Bertz CT molecular complexity index is 212. The molecule has 0 saturated heterocycles. The largest absolute Gasteiger partial charge is 0.396 e. The third kappa shape index (κ3) is 1.53. The third-order valence-electron chi connectivity index (χ3n) is 3.59. The molecule has 74 valence electrons. The topological polar surface area (TPSA) is 23.5 Å². The Kier molecular flexibility index (Phi) is 2.43. The van der Waals surface area contributed by atoms with E-state index in [1.807, 2.05) is 0 Å². The van der Waals surface area contributed by atoms with Crippen molar-refractivity contribution in [2.24, 2.45) is 23.7 Å². The molecule has 1 saturated carbocycles. The highest BCUT2D eigenvalue weighted by Gasteiger charge is 2.43. The lowest BCUT2D eigenvalue weighted by Crippen LogP contribution is -2.32. The van der Waals surface area contributed by atoms with Crippen LogP contribution >= 0.6 is 0 Å². The molecule has 0 radical (unpaired) electrons. The van der Waals surface area contributed by atoms with E-state index in [2.05, 4.69) is 31.1 Å². The van der Waals surface area contributed by atoms with Gasteiger partial charge in [-0.15, -0.1) is 0 Å². The molecule has 2 unspecified atom stereocenters. The molecule has 2 aliphatic carbocycles. The number of rotatable bonds is 3. The fourth-order valence-corrected chi connectivity index (χ4v) is 2.99. The van der Waals surface area contributed by atoms with E-state index in [-0.39, 0.29) is 0 Å². The zero-order chi connectivity index (χ0) is 9.42. The molecule has 13 heavy (non-hydrogen) atoms. The molecule has 0 amide bonds. The van der Waals surface area contributed by atoms with Gasteiger partial charge in [0.25, 0.3) is 0 Å². The predicted octanol–water partition coefficient (Wildman–Crippen LogP) is 0.979. The fourth-order valence-electron chi connectivity index (χ4n) is 2.99. The van der Waals surface area contributed by atoms with Gasteiger partial charge in [0.1, 0.15) is 0 Å². The van der Waals surface area contributed by atoms with Gasteiger partial charge < -0.3 is 10.0 Å². The van der Waals surface area contributed by atoms with Crippen LogP contribution in [0.25, 0.3) is 0 Å². The Morgan fingerprint density at radius 2 is 1.85 bits per heavy atom. The van der Waals surface area contributed by atoms with E-state index in [0.717, 1.165) is 12.5 Å². The van der Waals surface area contributed by atoms with E-state index >= 15 is 0 Å². The third-order valence-corrected chi connectivity index (χ3v) is 3.59. The zero-order valence-corrected chi connectivity index (χ0v) is 8.48. The SMILES string of the molecule is CN(C)C[C@H]1C2C=CC(C2)[C@@H]1CO. The summed E-state index contributed by atoms with van der Waals surface area (Å²) in [6.45, 7) is 1.49. The Balaban J connectivity index is 2.05. The van der Waals surface area contributed by atoms with Crippen LogP contribution in [-0.2, 0) is 0 Å². The lowest BCUT2D eigenvalue weighted by molar-refractivity contribution is 0.143. The quantitative estimate of drug-likeness (QED) is 0.656. The second-order valence-electron chi connectivity index (χ2n) is 4.72. The normalized spacial score (nSPS) is 42.2. The van der Waals surface area contributed by atoms with Crippen molar-refractivity contribution < 1.29 is 5.11 Å². The van der Waals surface area contributed by atoms with Crippen molar-refractivity contribution in [2.75, 3.05) is 27.2 Å². The number of nitrogens with zero attached hydrogens (tertiary/aromatic N) is 1. The number of fused-ring (bicyclic) bond motifs is 2. The Morgan fingerprint density at radius 3 is 2.38 bits per heavy atom. The van der Waals surface area contributed by atoms with Gasteiger partial charge in [-0.3, -0.25) is 0 Å². The predicted molar refractivity (Wildman–Crippen MR) is 53.4 cm³/mol. The number of allylic oxidation sites excluding steroid dienone is 2. The van der Waals surface area contributed by atoms with Crippen molar-refractivity contribution >= 4 is 0 Å². The first kappa shape index (κ1) is 9.22. The molecule has 2 aliphatic rings. The van der Waals surface area contributed by atoms with Gasteiger partial charge >= 0.3 is 0 Å². The molecule has 0 aromatic carbocycles. The van der Waals surface area contributed by atoms with Crippen LogP contribution in [0.2, 0.25) is 0 Å². The average molecular weight is 181 g/mol. The van der Waals surface area contributed by atoms with E-state index < -0.39 is 0 Å². The van der Waals surface area contributed by atoms with Crippen LogP contribution < -0.4 is 0 Å². The molecule has 1 N–H and O–H groups in total. The molecule has 4 atom stereocenters. The lowest BCUT2D eigenvalue weighted by atomic mass is 9.83. The molecule has 0 aliphatic heterocycles. The first-order valence-corrected chi connectivity index (χ1v) is 5.16. The van der Waals surface area contributed by atoms with E-state index in [1.165, 1.54) is 6.42 Å². The van der Waals surface area contributed by atoms with Gasteiger partial charge in [-0.05, 0) is 44.2 Å². The molecule has 2 heteroatoms. The number of hydrogen-bond acceptors (Lipinski definition) is 2. The van der Waals surface area contributed by atoms with Gasteiger partial charge in [0, 0.05) is 13.2 Å². The van der Waals surface area contributed by atoms with Crippen molar-refractivity contribution in [3.63, 3.8) is 0 Å². The maximum Gasteiger partial charge on any atom is 0.0468 e. The van der Waals surface area contributed by atoms with Crippen LogP contribution in [0.15, 0.2) is 12.2 Å². The maximum absolute atomic E-state index is 9.32. The molecule has 0 aromatic heterocycles. The van der Waals surface area contributed by atoms with Crippen LogP contribution in [0, 0.1) is 23.7 Å². The lowest BCUT2D eigenvalue weighted by Gasteiger charge is -2.28. The second kappa shape index (κ2) is 3.43. The van der Waals surface area contributed by atoms with Crippen LogP contribution in [0.3, 0.4) is 0 Å². The van der Waals surface area contributed by atoms with Gasteiger partial charge in [-0.1, -0.05) is 12.2 Å². The molecule has 0 spiro atoms. The minimum absolute atomic E-state index is 0.365. The van der Waals surface area contributed by atoms with E-state index in [9.17, 15) is 5.11 Å². The molecule has 2 nitrogen and oxygen atoms in total. The van der Waals surface area contributed by atoms with Crippen LogP contribution in [0.4, 0.5) is 0 Å². The summed E-state index contributed by atoms with van der Waals surface area (Å²) < 4.78 is 0. The number of aliphatic hydroxyl groups excluding tert-OH is 1. The summed E-state index contributed by atoms with van der Waals surface area (Å²) >= 11 is 0. The van der Waals surface area contributed by atoms with Gasteiger partial charge in [0.15, 0.2) is 0 Å². The second-order valence-corrected chi connectivity index (χ2v) is 4.72. The molecular weight excluding hydrogens is 162 g/mol. The molecule has 2 bridgehead atoms. The van der Waals surface area contributed by atoms with Crippen LogP contribution in [0.1, 0.15) is 6.42 Å². The van der Waals surface area contributed by atoms with E-state index in [1.54, 1.807) is 0 Å². The Morgan fingerprint density at radius 1 is 1.23 bits per heavy atom. The summed E-state index contributed by atoms with van der Waals surface area (Å²) in [6.07, 6.45) is 5.94. The minimum atomic E-state index is 0.365. The van der Waals surface area contributed by atoms with Gasteiger partial charge in [-0.2, -0.15) is 0 Å². The summed E-state index contributed by atoms with van der Waals surface area (Å²) in [5.74, 6) is 2.62. The monoisotopic (exact) mass is 181 g/mol. The highest BCUT2D eigenvalue weighted by Crippen LogP contribution is 2.47. The van der Waals surface area contributed by atoms with Gasteiger partial charge in [-0.25, -0.2) is 0 Å². The van der Waals surface area contributed by atoms with Crippen LogP contribution in [0.5, 0.6) is 0 Å². The summed E-state index contributed by atoms with van der Waals surface area (Å²) in [4.78, 5) is 2.24. The highest BCUT2D eigenvalue weighted by molar-refractivity contribution is 5.13. The first-order valence-electron chi connectivity index (χ1n) is 5.16. The molecule has 1 fully saturated rings. The van der Waals surface area contributed by atoms with E-state index in [4.69, 9.17) is 0 Å². The fraction of sp³-hybridized carbons (Fsp3) is 0.818.